The first-order chi connectivity index (χ1) is 6.11. The summed E-state index contributed by atoms with van der Waals surface area (Å²) < 4.78 is 0. The van der Waals surface area contributed by atoms with Gasteiger partial charge in [-0.05, 0) is 0 Å². The molecule has 0 fully saturated rings. The zero-order chi connectivity index (χ0) is 9.84. The summed E-state index contributed by atoms with van der Waals surface area (Å²) in [6.45, 7) is 0. The van der Waals surface area contributed by atoms with Crippen molar-refractivity contribution in [1.29, 1.82) is 0 Å². The normalized spacial score (nSPS) is 11.3. The number of rotatable bonds is 1. The summed E-state index contributed by atoms with van der Waals surface area (Å²) >= 11 is 5.58. The van der Waals surface area contributed by atoms with Gasteiger partial charge < -0.3 is 10.8 Å². The Hall–Kier alpha value is -1.69. The van der Waals surface area contributed by atoms with Gasteiger partial charge in [-0.2, -0.15) is 4.99 Å². The van der Waals surface area contributed by atoms with Crippen molar-refractivity contribution in [3.8, 4) is 0 Å². The van der Waals surface area contributed by atoms with E-state index in [9.17, 15) is 4.79 Å². The number of halogens is 1. The van der Waals surface area contributed by atoms with E-state index in [-0.39, 0.29) is 16.7 Å². The average Bonchev–Trinajstić information content (AvgIpc) is 2.03. The fraction of sp³-hybridized carbons (Fsp3) is 0. The van der Waals surface area contributed by atoms with Gasteiger partial charge in [0.2, 0.25) is 0 Å². The average molecular weight is 201 g/mol. The topological polar surface area (TPSA) is 101 Å². The maximum Gasteiger partial charge on any atom is 0.433 e. The van der Waals surface area contributed by atoms with E-state index in [0.717, 1.165) is 0 Å². The van der Waals surface area contributed by atoms with Gasteiger partial charge in [0.05, 0.1) is 0 Å². The highest BCUT2D eigenvalue weighted by molar-refractivity contribution is 6.32. The van der Waals surface area contributed by atoms with Crippen LogP contribution in [0, 0.1) is 0 Å². The molecule has 0 spiro atoms. The van der Waals surface area contributed by atoms with Crippen LogP contribution < -0.4 is 5.73 Å². The molecule has 7 heteroatoms. The Morgan fingerprint density at radius 3 is 2.69 bits per heavy atom. The molecule has 0 radical (unpaired) electrons. The maximum absolute atomic E-state index is 10.1. The molecule has 1 rings (SSSR count). The molecule has 0 aliphatic heterocycles. The molecule has 0 saturated heterocycles. The van der Waals surface area contributed by atoms with Gasteiger partial charge in [-0.1, -0.05) is 11.6 Å². The lowest BCUT2D eigenvalue weighted by Crippen LogP contribution is -2.17. The maximum atomic E-state index is 10.1. The monoisotopic (exact) mass is 200 g/mol. The Morgan fingerprint density at radius 2 is 2.15 bits per heavy atom. The van der Waals surface area contributed by atoms with Crippen molar-refractivity contribution in [2.24, 2.45) is 10.7 Å². The second kappa shape index (κ2) is 3.81. The van der Waals surface area contributed by atoms with Gasteiger partial charge in [-0.25, -0.2) is 14.8 Å². The van der Waals surface area contributed by atoms with Crippen molar-refractivity contribution in [3.05, 3.63) is 23.2 Å². The van der Waals surface area contributed by atoms with E-state index >= 15 is 0 Å². The Labute approximate surface area is 78.1 Å². The predicted octanol–water partition coefficient (Wildman–Crippen LogP) is 0.513. The van der Waals surface area contributed by atoms with Crippen LogP contribution >= 0.6 is 11.6 Å². The fourth-order valence-corrected chi connectivity index (χ4v) is 0.851. The highest BCUT2D eigenvalue weighted by Crippen LogP contribution is 2.07. The van der Waals surface area contributed by atoms with Crippen molar-refractivity contribution in [1.82, 2.24) is 9.97 Å². The summed E-state index contributed by atoms with van der Waals surface area (Å²) in [6.07, 6.45) is 1.30. The van der Waals surface area contributed by atoms with Crippen LogP contribution in [0.2, 0.25) is 5.15 Å². The summed E-state index contributed by atoms with van der Waals surface area (Å²) in [5.74, 6) is -0.273. The zero-order valence-corrected chi connectivity index (χ0v) is 7.06. The van der Waals surface area contributed by atoms with E-state index in [1.807, 2.05) is 0 Å². The second-order valence-corrected chi connectivity index (χ2v) is 2.33. The Bertz CT molecular complexity index is 365. The molecule has 3 N–H and O–H groups in total. The number of hydrogen-bond donors (Lipinski definition) is 2. The standard InChI is InChI=1S/C6H5ClN4O2/c7-4-3(9-1-2-10-4)5(8)11-6(12)13/h1-2H,(H2,8,11)(H,12,13). The first kappa shape index (κ1) is 9.40. The molecular formula is C6H5ClN4O2. The van der Waals surface area contributed by atoms with Crippen LogP contribution in [0.25, 0.3) is 0 Å². The Balaban J connectivity index is 3.08. The minimum Gasteiger partial charge on any atom is -0.463 e. The highest BCUT2D eigenvalue weighted by atomic mass is 35.5. The number of nitrogens with two attached hydrogens (primary N) is 1. The molecule has 0 atom stereocenters. The van der Waals surface area contributed by atoms with Crippen molar-refractivity contribution in [3.63, 3.8) is 0 Å². The summed E-state index contributed by atoms with van der Waals surface area (Å²) in [6, 6.07) is 0. The molecule has 1 heterocycles. The van der Waals surface area contributed by atoms with Gasteiger partial charge in [-0.15, -0.1) is 0 Å². The third-order valence-electron chi connectivity index (χ3n) is 1.11. The van der Waals surface area contributed by atoms with Gasteiger partial charge in [0, 0.05) is 12.4 Å². The lowest BCUT2D eigenvalue weighted by atomic mass is 10.4. The number of carboxylic acid groups (broad SMARTS) is 1. The van der Waals surface area contributed by atoms with Gasteiger partial charge in [-0.3, -0.25) is 0 Å². The van der Waals surface area contributed by atoms with Crippen molar-refractivity contribution < 1.29 is 9.90 Å². The minimum atomic E-state index is -1.40. The Kier molecular flexibility index (Phi) is 2.76. The van der Waals surface area contributed by atoms with E-state index in [1.165, 1.54) is 12.4 Å². The quantitative estimate of drug-likeness (QED) is 0.508. The van der Waals surface area contributed by atoms with Crippen LogP contribution in [0.3, 0.4) is 0 Å². The summed E-state index contributed by atoms with van der Waals surface area (Å²) in [7, 11) is 0. The van der Waals surface area contributed by atoms with E-state index in [2.05, 4.69) is 15.0 Å². The predicted molar refractivity (Wildman–Crippen MR) is 45.8 cm³/mol. The van der Waals surface area contributed by atoms with Crippen LogP contribution in [-0.2, 0) is 0 Å². The molecule has 6 nitrogen and oxygen atoms in total. The van der Waals surface area contributed by atoms with E-state index in [1.54, 1.807) is 0 Å². The summed E-state index contributed by atoms with van der Waals surface area (Å²) in [5.41, 5.74) is 5.34. The smallest absolute Gasteiger partial charge is 0.433 e. The third-order valence-corrected chi connectivity index (χ3v) is 1.39. The van der Waals surface area contributed by atoms with E-state index in [0.29, 0.717) is 0 Å². The number of aliphatic imine (C=N–C) groups is 1. The van der Waals surface area contributed by atoms with Gasteiger partial charge in [0.15, 0.2) is 11.0 Å². The van der Waals surface area contributed by atoms with Crippen LogP contribution in [-0.4, -0.2) is 27.0 Å². The van der Waals surface area contributed by atoms with Crippen LogP contribution in [0.5, 0.6) is 0 Å². The molecule has 0 aromatic carbocycles. The highest BCUT2D eigenvalue weighted by Gasteiger charge is 2.07. The second-order valence-electron chi connectivity index (χ2n) is 1.98. The third kappa shape index (κ3) is 2.38. The number of hydrogen-bond acceptors (Lipinski definition) is 3. The molecule has 1 aromatic rings. The number of amidine groups is 1. The molecule has 13 heavy (non-hydrogen) atoms. The van der Waals surface area contributed by atoms with Crippen molar-refractivity contribution >= 4 is 23.5 Å². The molecule has 68 valence electrons. The van der Waals surface area contributed by atoms with Gasteiger partial charge in [0.1, 0.15) is 5.69 Å². The lowest BCUT2D eigenvalue weighted by molar-refractivity contribution is 0.205. The SMILES string of the molecule is NC(=NC(=O)O)c1nccnc1Cl. The first-order valence-corrected chi connectivity index (χ1v) is 3.53. The molecule has 0 unspecified atom stereocenters. The number of nitrogens with zero attached hydrogens (tertiary/aromatic N) is 3. The summed E-state index contributed by atoms with van der Waals surface area (Å²) in [4.78, 5) is 20.5. The van der Waals surface area contributed by atoms with Crippen molar-refractivity contribution in [2.45, 2.75) is 0 Å². The van der Waals surface area contributed by atoms with Gasteiger partial charge >= 0.3 is 6.09 Å². The van der Waals surface area contributed by atoms with Crippen molar-refractivity contribution in [2.75, 3.05) is 0 Å². The Morgan fingerprint density at radius 1 is 1.54 bits per heavy atom. The number of carbonyl (C=O) groups is 1. The van der Waals surface area contributed by atoms with Gasteiger partial charge in [0.25, 0.3) is 0 Å². The summed E-state index contributed by atoms with van der Waals surface area (Å²) in [5, 5.41) is 8.30. The molecular weight excluding hydrogens is 196 g/mol. The minimum absolute atomic E-state index is 0.0185. The van der Waals surface area contributed by atoms with E-state index in [4.69, 9.17) is 22.4 Å². The molecule has 1 amide bonds. The number of aromatic nitrogens is 2. The molecule has 0 aliphatic carbocycles. The van der Waals surface area contributed by atoms with Crippen LogP contribution in [0.1, 0.15) is 5.69 Å². The fourth-order valence-electron chi connectivity index (χ4n) is 0.649. The molecule has 0 saturated carbocycles. The van der Waals surface area contributed by atoms with Crippen LogP contribution in [0.4, 0.5) is 4.79 Å². The molecule has 0 bridgehead atoms. The lowest BCUT2D eigenvalue weighted by Gasteiger charge is -1.98. The van der Waals surface area contributed by atoms with Crippen LogP contribution in [0.15, 0.2) is 17.4 Å². The molecule has 1 aromatic heterocycles. The molecule has 0 aliphatic rings. The van der Waals surface area contributed by atoms with E-state index < -0.39 is 6.09 Å². The first-order valence-electron chi connectivity index (χ1n) is 3.15. The number of amides is 1. The zero-order valence-electron chi connectivity index (χ0n) is 6.31. The largest absolute Gasteiger partial charge is 0.463 e.